The molecule has 2 nitrogen and oxygen atoms in total. The summed E-state index contributed by atoms with van der Waals surface area (Å²) in [5.41, 5.74) is 5.41. The Kier molecular flexibility index (Phi) is 5.33. The summed E-state index contributed by atoms with van der Waals surface area (Å²) >= 11 is 0. The van der Waals surface area contributed by atoms with E-state index in [1.165, 1.54) is 22.3 Å². The summed E-state index contributed by atoms with van der Waals surface area (Å²) in [7, 11) is 4.16. The normalized spacial score (nSPS) is 11.0. The molecule has 0 unspecified atom stereocenters. The van der Waals surface area contributed by atoms with E-state index in [4.69, 9.17) is 0 Å². The third kappa shape index (κ3) is 4.48. The first kappa shape index (κ1) is 14.8. The zero-order valence-electron chi connectivity index (χ0n) is 12.7. The monoisotopic (exact) mass is 268 g/mol. The molecule has 0 heterocycles. The van der Waals surface area contributed by atoms with Gasteiger partial charge in [0.2, 0.25) is 0 Å². The van der Waals surface area contributed by atoms with Crippen molar-refractivity contribution in [2.45, 2.75) is 26.6 Å². The number of nitrogens with one attached hydrogen (secondary N) is 1. The summed E-state index contributed by atoms with van der Waals surface area (Å²) in [6.45, 7) is 5.03. The maximum absolute atomic E-state index is 3.20. The van der Waals surface area contributed by atoms with Crippen molar-refractivity contribution in [2.24, 2.45) is 0 Å². The Morgan fingerprint density at radius 3 is 2.15 bits per heavy atom. The van der Waals surface area contributed by atoms with Crippen LogP contribution in [0.5, 0.6) is 0 Å². The molecule has 20 heavy (non-hydrogen) atoms. The first-order valence-corrected chi connectivity index (χ1v) is 7.14. The quantitative estimate of drug-likeness (QED) is 0.864. The van der Waals surface area contributed by atoms with Gasteiger partial charge < -0.3 is 5.32 Å². The van der Waals surface area contributed by atoms with Gasteiger partial charge in [-0.2, -0.15) is 0 Å². The third-order valence-corrected chi connectivity index (χ3v) is 3.36. The molecule has 0 amide bonds. The average molecular weight is 268 g/mol. The van der Waals surface area contributed by atoms with Gasteiger partial charge in [0.25, 0.3) is 0 Å². The van der Waals surface area contributed by atoms with E-state index in [9.17, 15) is 0 Å². The Morgan fingerprint density at radius 2 is 1.50 bits per heavy atom. The fraction of sp³-hybridized carbons (Fsp3) is 0.333. The Labute approximate surface area is 122 Å². The highest BCUT2D eigenvalue weighted by Crippen LogP contribution is 2.11. The van der Waals surface area contributed by atoms with E-state index in [-0.39, 0.29) is 0 Å². The van der Waals surface area contributed by atoms with Crippen molar-refractivity contribution in [1.29, 1.82) is 0 Å². The largest absolute Gasteiger partial charge is 0.316 e. The second-order valence-electron chi connectivity index (χ2n) is 5.51. The van der Waals surface area contributed by atoms with Gasteiger partial charge in [0.05, 0.1) is 0 Å². The van der Waals surface area contributed by atoms with E-state index in [2.05, 4.69) is 72.7 Å². The Morgan fingerprint density at radius 1 is 0.900 bits per heavy atom. The SMILES string of the molecule is CNCc1cccc(CN(C)Cc2cccc(C)c2)c1. The Bertz CT molecular complexity index is 549. The second-order valence-corrected chi connectivity index (χ2v) is 5.51. The van der Waals surface area contributed by atoms with Gasteiger partial charge in [0, 0.05) is 19.6 Å². The second kappa shape index (κ2) is 7.22. The van der Waals surface area contributed by atoms with Gasteiger partial charge in [-0.25, -0.2) is 0 Å². The fourth-order valence-corrected chi connectivity index (χ4v) is 2.53. The molecule has 0 aromatic heterocycles. The number of rotatable bonds is 6. The molecule has 0 bridgehead atoms. The van der Waals surface area contributed by atoms with Crippen LogP contribution in [0.1, 0.15) is 22.3 Å². The fourth-order valence-electron chi connectivity index (χ4n) is 2.53. The number of aryl methyl sites for hydroxylation is 1. The minimum Gasteiger partial charge on any atom is -0.316 e. The number of nitrogens with zero attached hydrogens (tertiary/aromatic N) is 1. The predicted octanol–water partition coefficient (Wildman–Crippen LogP) is 3.35. The molecule has 2 heteroatoms. The highest BCUT2D eigenvalue weighted by Gasteiger charge is 2.03. The van der Waals surface area contributed by atoms with Crippen LogP contribution in [-0.4, -0.2) is 19.0 Å². The maximum atomic E-state index is 3.20. The summed E-state index contributed by atoms with van der Waals surface area (Å²) in [6, 6.07) is 17.5. The minimum atomic E-state index is 0.926. The summed E-state index contributed by atoms with van der Waals surface area (Å²) in [6.07, 6.45) is 0. The Balaban J connectivity index is 1.97. The lowest BCUT2D eigenvalue weighted by Gasteiger charge is -2.17. The molecule has 0 aliphatic heterocycles. The molecular weight excluding hydrogens is 244 g/mol. The smallest absolute Gasteiger partial charge is 0.0234 e. The van der Waals surface area contributed by atoms with Gasteiger partial charge in [-0.1, -0.05) is 54.1 Å². The van der Waals surface area contributed by atoms with Crippen molar-refractivity contribution < 1.29 is 0 Å². The van der Waals surface area contributed by atoms with Crippen LogP contribution in [0.4, 0.5) is 0 Å². The topological polar surface area (TPSA) is 15.3 Å². The van der Waals surface area contributed by atoms with Gasteiger partial charge in [0.15, 0.2) is 0 Å². The van der Waals surface area contributed by atoms with E-state index < -0.39 is 0 Å². The summed E-state index contributed by atoms with van der Waals surface area (Å²) in [5, 5.41) is 3.20. The average Bonchev–Trinajstić information content (AvgIpc) is 2.39. The molecule has 0 radical (unpaired) electrons. The van der Waals surface area contributed by atoms with E-state index in [1.807, 2.05) is 7.05 Å². The van der Waals surface area contributed by atoms with Crippen molar-refractivity contribution in [3.63, 3.8) is 0 Å². The molecule has 0 saturated heterocycles. The van der Waals surface area contributed by atoms with Crippen LogP contribution in [-0.2, 0) is 19.6 Å². The predicted molar refractivity (Wildman–Crippen MR) is 85.6 cm³/mol. The Hall–Kier alpha value is -1.64. The molecule has 2 rings (SSSR count). The van der Waals surface area contributed by atoms with E-state index in [0.717, 1.165) is 19.6 Å². The molecule has 2 aromatic carbocycles. The molecule has 0 atom stereocenters. The van der Waals surface area contributed by atoms with Crippen molar-refractivity contribution in [2.75, 3.05) is 14.1 Å². The zero-order chi connectivity index (χ0) is 14.4. The molecular formula is C18H24N2. The standard InChI is InChI=1S/C18H24N2/c1-15-6-4-8-17(10-15)13-20(3)14-18-9-5-7-16(11-18)12-19-2/h4-11,19H,12-14H2,1-3H3. The van der Waals surface area contributed by atoms with Crippen LogP contribution in [0.3, 0.4) is 0 Å². The molecule has 106 valence electrons. The summed E-state index contributed by atoms with van der Waals surface area (Å²) in [5.74, 6) is 0. The lowest BCUT2D eigenvalue weighted by Crippen LogP contribution is -2.17. The highest BCUT2D eigenvalue weighted by atomic mass is 15.1. The van der Waals surface area contributed by atoms with Crippen LogP contribution < -0.4 is 5.32 Å². The van der Waals surface area contributed by atoms with Crippen molar-refractivity contribution in [3.05, 3.63) is 70.8 Å². The first-order valence-electron chi connectivity index (χ1n) is 7.14. The molecule has 0 aliphatic carbocycles. The number of benzene rings is 2. The minimum absolute atomic E-state index is 0.926. The van der Waals surface area contributed by atoms with Crippen LogP contribution >= 0.6 is 0 Å². The van der Waals surface area contributed by atoms with Gasteiger partial charge >= 0.3 is 0 Å². The molecule has 0 fully saturated rings. The third-order valence-electron chi connectivity index (χ3n) is 3.36. The van der Waals surface area contributed by atoms with Crippen LogP contribution in [0.15, 0.2) is 48.5 Å². The molecule has 0 saturated carbocycles. The van der Waals surface area contributed by atoms with Crippen molar-refractivity contribution >= 4 is 0 Å². The number of hydrogen-bond donors (Lipinski definition) is 1. The van der Waals surface area contributed by atoms with Gasteiger partial charge in [0.1, 0.15) is 0 Å². The van der Waals surface area contributed by atoms with Gasteiger partial charge in [-0.05, 0) is 37.7 Å². The van der Waals surface area contributed by atoms with Crippen molar-refractivity contribution in [1.82, 2.24) is 10.2 Å². The van der Waals surface area contributed by atoms with Crippen LogP contribution in [0, 0.1) is 6.92 Å². The molecule has 0 spiro atoms. The van der Waals surface area contributed by atoms with Gasteiger partial charge in [-0.3, -0.25) is 4.90 Å². The maximum Gasteiger partial charge on any atom is 0.0234 e. The van der Waals surface area contributed by atoms with E-state index in [1.54, 1.807) is 0 Å². The summed E-state index contributed by atoms with van der Waals surface area (Å²) in [4.78, 5) is 2.35. The lowest BCUT2D eigenvalue weighted by atomic mass is 10.1. The van der Waals surface area contributed by atoms with Crippen molar-refractivity contribution in [3.8, 4) is 0 Å². The van der Waals surface area contributed by atoms with Gasteiger partial charge in [-0.15, -0.1) is 0 Å². The summed E-state index contributed by atoms with van der Waals surface area (Å²) < 4.78 is 0. The van der Waals surface area contributed by atoms with E-state index >= 15 is 0 Å². The van der Waals surface area contributed by atoms with Crippen LogP contribution in [0.25, 0.3) is 0 Å². The lowest BCUT2D eigenvalue weighted by molar-refractivity contribution is 0.319. The van der Waals surface area contributed by atoms with E-state index in [0.29, 0.717) is 0 Å². The molecule has 2 aromatic rings. The first-order chi connectivity index (χ1) is 9.67. The highest BCUT2D eigenvalue weighted by molar-refractivity contribution is 5.24. The molecule has 0 aliphatic rings. The zero-order valence-corrected chi connectivity index (χ0v) is 12.7. The molecule has 1 N–H and O–H groups in total. The number of hydrogen-bond acceptors (Lipinski definition) is 2. The van der Waals surface area contributed by atoms with Crippen LogP contribution in [0.2, 0.25) is 0 Å².